The molecule has 7 nitrogen and oxygen atoms in total. The van der Waals surface area contributed by atoms with Crippen molar-refractivity contribution in [2.45, 2.75) is 13.1 Å². The third kappa shape index (κ3) is 4.45. The summed E-state index contributed by atoms with van der Waals surface area (Å²) >= 11 is 0. The minimum absolute atomic E-state index is 0.173. The molecule has 4 aromatic rings. The van der Waals surface area contributed by atoms with Crippen LogP contribution in [0, 0.1) is 0 Å². The van der Waals surface area contributed by atoms with Gasteiger partial charge in [-0.3, -0.25) is 14.6 Å². The van der Waals surface area contributed by atoms with Crippen LogP contribution in [0.25, 0.3) is 10.8 Å². The van der Waals surface area contributed by atoms with Gasteiger partial charge in [-0.1, -0.05) is 30.3 Å². The lowest BCUT2D eigenvalue weighted by Gasteiger charge is -2.14. The molecule has 0 unspecified atom stereocenters. The average Bonchev–Trinajstić information content (AvgIpc) is 2.80. The van der Waals surface area contributed by atoms with E-state index in [0.717, 1.165) is 16.6 Å². The lowest BCUT2D eigenvalue weighted by atomic mass is 10.1. The molecule has 2 aromatic carbocycles. The van der Waals surface area contributed by atoms with E-state index < -0.39 is 0 Å². The van der Waals surface area contributed by atoms with Crippen molar-refractivity contribution in [3.05, 3.63) is 100 Å². The van der Waals surface area contributed by atoms with Crippen molar-refractivity contribution in [1.82, 2.24) is 20.1 Å². The number of fused-ring (bicyclic) bond motifs is 1. The maximum atomic E-state index is 12.9. The molecule has 0 radical (unpaired) electrons. The highest BCUT2D eigenvalue weighted by molar-refractivity contribution is 5.95. The Hall–Kier alpha value is -4.00. The standard InChI is InChI=1S/C24H23N5O2/c1-28(2)19-9-5-8-18(13-19)23(30)26-15-22-20-10-3-4-11-21(20)24(31)29(27-22)16-17-7-6-12-25-14-17/h3-14H,15-16H2,1-2H3,(H,26,30). The van der Waals surface area contributed by atoms with Gasteiger partial charge in [-0.05, 0) is 35.9 Å². The van der Waals surface area contributed by atoms with Gasteiger partial charge in [-0.15, -0.1) is 0 Å². The van der Waals surface area contributed by atoms with Crippen LogP contribution < -0.4 is 15.8 Å². The number of rotatable bonds is 6. The van der Waals surface area contributed by atoms with E-state index in [0.29, 0.717) is 23.2 Å². The largest absolute Gasteiger partial charge is 0.378 e. The SMILES string of the molecule is CN(C)c1cccc(C(=O)NCc2nn(Cc3cccnc3)c(=O)c3ccccc23)c1. The minimum atomic E-state index is -0.195. The Labute approximate surface area is 180 Å². The molecular weight excluding hydrogens is 390 g/mol. The summed E-state index contributed by atoms with van der Waals surface area (Å²) in [4.78, 5) is 31.7. The normalized spacial score (nSPS) is 10.8. The van der Waals surface area contributed by atoms with Crippen LogP contribution in [-0.2, 0) is 13.1 Å². The number of hydrogen-bond acceptors (Lipinski definition) is 5. The first kappa shape index (κ1) is 20.3. The Morgan fingerprint density at radius 3 is 2.58 bits per heavy atom. The summed E-state index contributed by atoms with van der Waals surface area (Å²) in [5.41, 5.74) is 2.85. The molecule has 0 saturated heterocycles. The molecule has 7 heteroatoms. The Balaban J connectivity index is 1.64. The predicted octanol–water partition coefficient (Wildman–Crippen LogP) is 2.84. The van der Waals surface area contributed by atoms with E-state index in [1.54, 1.807) is 24.5 Å². The quantitative estimate of drug-likeness (QED) is 0.526. The zero-order chi connectivity index (χ0) is 21.8. The molecule has 0 spiro atoms. The number of hydrogen-bond donors (Lipinski definition) is 1. The Morgan fingerprint density at radius 1 is 1.03 bits per heavy atom. The van der Waals surface area contributed by atoms with Crippen LogP contribution in [0.1, 0.15) is 21.6 Å². The van der Waals surface area contributed by atoms with E-state index in [-0.39, 0.29) is 18.0 Å². The molecule has 0 saturated carbocycles. The van der Waals surface area contributed by atoms with Gasteiger partial charge in [0.25, 0.3) is 11.5 Å². The first-order chi connectivity index (χ1) is 15.0. The van der Waals surface area contributed by atoms with Gasteiger partial charge in [0.1, 0.15) is 0 Å². The number of aromatic nitrogens is 3. The summed E-state index contributed by atoms with van der Waals surface area (Å²) < 4.78 is 1.42. The van der Waals surface area contributed by atoms with Crippen molar-refractivity contribution >= 4 is 22.4 Å². The predicted molar refractivity (Wildman–Crippen MR) is 121 cm³/mol. The first-order valence-electron chi connectivity index (χ1n) is 9.96. The van der Waals surface area contributed by atoms with Gasteiger partial charge in [0.2, 0.25) is 0 Å². The van der Waals surface area contributed by atoms with Crippen molar-refractivity contribution < 1.29 is 4.79 Å². The molecule has 31 heavy (non-hydrogen) atoms. The number of anilines is 1. The average molecular weight is 413 g/mol. The van der Waals surface area contributed by atoms with Crippen LogP contribution in [-0.4, -0.2) is 34.8 Å². The second-order valence-corrected chi connectivity index (χ2v) is 7.44. The first-order valence-corrected chi connectivity index (χ1v) is 9.96. The Morgan fingerprint density at radius 2 is 1.84 bits per heavy atom. The van der Waals surface area contributed by atoms with Crippen LogP contribution in [0.2, 0.25) is 0 Å². The van der Waals surface area contributed by atoms with Gasteiger partial charge in [0, 0.05) is 43.1 Å². The van der Waals surface area contributed by atoms with Gasteiger partial charge in [0.05, 0.1) is 24.2 Å². The van der Waals surface area contributed by atoms with Crippen molar-refractivity contribution in [2.75, 3.05) is 19.0 Å². The van der Waals surface area contributed by atoms with Gasteiger partial charge in [0.15, 0.2) is 0 Å². The molecule has 0 aliphatic rings. The van der Waals surface area contributed by atoms with Crippen LogP contribution in [0.3, 0.4) is 0 Å². The summed E-state index contributed by atoms with van der Waals surface area (Å²) in [5, 5.41) is 8.80. The molecule has 2 aromatic heterocycles. The van der Waals surface area contributed by atoms with E-state index in [4.69, 9.17) is 0 Å². The summed E-state index contributed by atoms with van der Waals surface area (Å²) in [6, 6.07) is 18.5. The highest BCUT2D eigenvalue weighted by Crippen LogP contribution is 2.16. The van der Waals surface area contributed by atoms with Gasteiger partial charge < -0.3 is 10.2 Å². The van der Waals surface area contributed by atoms with Crippen molar-refractivity contribution in [2.24, 2.45) is 0 Å². The summed E-state index contributed by atoms with van der Waals surface area (Å²) in [5.74, 6) is -0.195. The molecule has 156 valence electrons. The molecule has 0 aliphatic carbocycles. The van der Waals surface area contributed by atoms with Crippen LogP contribution in [0.4, 0.5) is 5.69 Å². The number of amides is 1. The maximum absolute atomic E-state index is 12.9. The van der Waals surface area contributed by atoms with Crippen LogP contribution >= 0.6 is 0 Å². The fraction of sp³-hybridized carbons (Fsp3) is 0.167. The molecule has 0 aliphatic heterocycles. The number of benzene rings is 2. The Bertz CT molecular complexity index is 1280. The second kappa shape index (κ2) is 8.79. The number of carbonyl (C=O) groups is 1. The molecule has 0 fully saturated rings. The highest BCUT2D eigenvalue weighted by atomic mass is 16.1. The third-order valence-corrected chi connectivity index (χ3v) is 5.04. The summed E-state index contributed by atoms with van der Waals surface area (Å²) in [6.07, 6.45) is 3.40. The molecule has 1 N–H and O–H groups in total. The summed E-state index contributed by atoms with van der Waals surface area (Å²) in [6.45, 7) is 0.516. The van der Waals surface area contributed by atoms with Gasteiger partial charge >= 0.3 is 0 Å². The second-order valence-electron chi connectivity index (χ2n) is 7.44. The van der Waals surface area contributed by atoms with E-state index in [9.17, 15) is 9.59 Å². The van der Waals surface area contributed by atoms with Gasteiger partial charge in [-0.2, -0.15) is 5.10 Å². The fourth-order valence-electron chi connectivity index (χ4n) is 3.40. The Kier molecular flexibility index (Phi) is 5.75. The topological polar surface area (TPSA) is 80.1 Å². The zero-order valence-electron chi connectivity index (χ0n) is 17.4. The van der Waals surface area contributed by atoms with Crippen molar-refractivity contribution in [3.63, 3.8) is 0 Å². The van der Waals surface area contributed by atoms with Crippen LogP contribution in [0.5, 0.6) is 0 Å². The molecule has 1 amide bonds. The number of pyridine rings is 1. The van der Waals surface area contributed by atoms with Crippen LogP contribution in [0.15, 0.2) is 77.9 Å². The number of carbonyl (C=O) groups excluding carboxylic acids is 1. The lowest BCUT2D eigenvalue weighted by molar-refractivity contribution is 0.0950. The minimum Gasteiger partial charge on any atom is -0.378 e. The third-order valence-electron chi connectivity index (χ3n) is 5.04. The van der Waals surface area contributed by atoms with Crippen molar-refractivity contribution in [3.8, 4) is 0 Å². The fourth-order valence-corrected chi connectivity index (χ4v) is 3.40. The lowest BCUT2D eigenvalue weighted by Crippen LogP contribution is -2.29. The van der Waals surface area contributed by atoms with E-state index in [1.807, 2.05) is 67.5 Å². The molecule has 4 rings (SSSR count). The number of nitrogens with one attached hydrogen (secondary N) is 1. The monoisotopic (exact) mass is 413 g/mol. The highest BCUT2D eigenvalue weighted by Gasteiger charge is 2.13. The molecular formula is C24H23N5O2. The molecule has 0 atom stereocenters. The van der Waals surface area contributed by atoms with E-state index in [1.165, 1.54) is 4.68 Å². The van der Waals surface area contributed by atoms with E-state index >= 15 is 0 Å². The smallest absolute Gasteiger partial charge is 0.274 e. The molecule has 0 bridgehead atoms. The van der Waals surface area contributed by atoms with Crippen molar-refractivity contribution in [1.29, 1.82) is 0 Å². The van der Waals surface area contributed by atoms with Gasteiger partial charge in [-0.25, -0.2) is 4.68 Å². The summed E-state index contributed by atoms with van der Waals surface area (Å²) in [7, 11) is 3.86. The molecule has 2 heterocycles. The zero-order valence-corrected chi connectivity index (χ0v) is 17.4. The number of nitrogens with zero attached hydrogens (tertiary/aromatic N) is 4. The maximum Gasteiger partial charge on any atom is 0.274 e. The van der Waals surface area contributed by atoms with E-state index in [2.05, 4.69) is 15.4 Å².